The summed E-state index contributed by atoms with van der Waals surface area (Å²) in [6.07, 6.45) is 8.09. The molecule has 1 aromatic rings. The number of hydrogen-bond acceptors (Lipinski definition) is 7. The van der Waals surface area contributed by atoms with Gasteiger partial charge in [0.15, 0.2) is 11.5 Å². The Balaban J connectivity index is 1.24. The van der Waals surface area contributed by atoms with Crippen LogP contribution in [0.15, 0.2) is 12.4 Å². The summed E-state index contributed by atoms with van der Waals surface area (Å²) in [5.74, 6) is 2.06. The fraction of sp³-hybridized carbons (Fsp3) is 0.700. The number of rotatable bonds is 7. The number of nitriles is 1. The van der Waals surface area contributed by atoms with Crippen molar-refractivity contribution < 1.29 is 9.53 Å². The highest BCUT2D eigenvalue weighted by molar-refractivity contribution is 5.78. The summed E-state index contributed by atoms with van der Waals surface area (Å²) in [6, 6.07) is 2.03. The van der Waals surface area contributed by atoms with Gasteiger partial charge in [0.1, 0.15) is 12.7 Å². The van der Waals surface area contributed by atoms with Crippen LogP contribution in [0.25, 0.3) is 0 Å². The summed E-state index contributed by atoms with van der Waals surface area (Å²) >= 11 is 0. The Labute approximate surface area is 165 Å². The molecule has 0 radical (unpaired) electrons. The van der Waals surface area contributed by atoms with Crippen molar-refractivity contribution in [2.75, 3.05) is 51.2 Å². The molecule has 2 saturated heterocycles. The van der Waals surface area contributed by atoms with E-state index in [0.717, 1.165) is 25.6 Å². The van der Waals surface area contributed by atoms with Gasteiger partial charge in [-0.05, 0) is 50.6 Å². The predicted octanol–water partition coefficient (Wildman–Crippen LogP) is 1.11. The number of carbonyl (C=O) groups is 1. The third-order valence-electron chi connectivity index (χ3n) is 5.92. The number of morpholine rings is 1. The Bertz CT molecular complexity index is 724. The van der Waals surface area contributed by atoms with E-state index in [4.69, 9.17) is 10.00 Å². The number of hydrogen-bond donors (Lipinski definition) is 1. The van der Waals surface area contributed by atoms with E-state index in [1.54, 1.807) is 6.20 Å². The Morgan fingerprint density at radius 1 is 1.14 bits per heavy atom. The molecule has 4 rings (SSSR count). The van der Waals surface area contributed by atoms with E-state index in [2.05, 4.69) is 20.2 Å². The maximum Gasteiger partial charge on any atom is 0.248 e. The van der Waals surface area contributed by atoms with Gasteiger partial charge in [-0.2, -0.15) is 5.26 Å². The number of carbonyl (C=O) groups excluding carboxylic acids is 1. The molecule has 28 heavy (non-hydrogen) atoms. The van der Waals surface area contributed by atoms with Crippen LogP contribution in [0.2, 0.25) is 0 Å². The van der Waals surface area contributed by atoms with E-state index in [0.29, 0.717) is 24.8 Å². The molecule has 2 aliphatic heterocycles. The lowest BCUT2D eigenvalue weighted by atomic mass is 9.95. The lowest BCUT2D eigenvalue weighted by molar-refractivity contribution is -0.149. The van der Waals surface area contributed by atoms with Crippen molar-refractivity contribution in [3.05, 3.63) is 18.1 Å². The second kappa shape index (κ2) is 8.84. The van der Waals surface area contributed by atoms with Crippen LogP contribution in [-0.4, -0.2) is 77.7 Å². The van der Waals surface area contributed by atoms with Crippen molar-refractivity contribution >= 4 is 11.7 Å². The molecule has 3 fully saturated rings. The van der Waals surface area contributed by atoms with Crippen molar-refractivity contribution in [1.82, 2.24) is 19.8 Å². The maximum atomic E-state index is 12.3. The van der Waals surface area contributed by atoms with Crippen molar-refractivity contribution in [1.29, 1.82) is 5.26 Å². The van der Waals surface area contributed by atoms with E-state index in [9.17, 15) is 4.79 Å². The normalized spacial score (nSPS) is 24.2. The molecule has 3 heterocycles. The number of anilines is 1. The molecule has 0 unspecified atom stereocenters. The highest BCUT2D eigenvalue weighted by Crippen LogP contribution is 2.31. The van der Waals surface area contributed by atoms with E-state index in [1.807, 2.05) is 11.0 Å². The highest BCUT2D eigenvalue weighted by atomic mass is 16.5. The van der Waals surface area contributed by atoms with Gasteiger partial charge in [-0.3, -0.25) is 4.79 Å². The SMILES string of the molecule is N#Cc1nccnc1NC[C@@H]1CN(CC2CCN(CC3CC3)CC2)C(=O)CO1. The first-order valence-electron chi connectivity index (χ1n) is 10.3. The molecule has 3 aliphatic rings. The molecule has 1 aliphatic carbocycles. The van der Waals surface area contributed by atoms with Crippen LogP contribution in [0.5, 0.6) is 0 Å². The van der Waals surface area contributed by atoms with E-state index >= 15 is 0 Å². The highest BCUT2D eigenvalue weighted by Gasteiger charge is 2.31. The lowest BCUT2D eigenvalue weighted by Gasteiger charge is -2.38. The summed E-state index contributed by atoms with van der Waals surface area (Å²) in [4.78, 5) is 25.0. The summed E-state index contributed by atoms with van der Waals surface area (Å²) in [7, 11) is 0. The minimum Gasteiger partial charge on any atom is -0.365 e. The number of piperidine rings is 1. The average Bonchev–Trinajstić information content (AvgIpc) is 3.54. The van der Waals surface area contributed by atoms with Crippen molar-refractivity contribution in [2.24, 2.45) is 11.8 Å². The molecule has 8 nitrogen and oxygen atoms in total. The summed E-state index contributed by atoms with van der Waals surface area (Å²) in [6.45, 7) is 5.61. The molecular weight excluding hydrogens is 356 g/mol. The van der Waals surface area contributed by atoms with Crippen molar-refractivity contribution in [3.8, 4) is 6.07 Å². The smallest absolute Gasteiger partial charge is 0.248 e. The zero-order valence-corrected chi connectivity index (χ0v) is 16.2. The number of aromatic nitrogens is 2. The van der Waals surface area contributed by atoms with E-state index < -0.39 is 0 Å². The monoisotopic (exact) mass is 384 g/mol. The fourth-order valence-corrected chi connectivity index (χ4v) is 4.07. The second-order valence-electron chi connectivity index (χ2n) is 8.17. The summed E-state index contributed by atoms with van der Waals surface area (Å²) in [5, 5.41) is 12.2. The fourth-order valence-electron chi connectivity index (χ4n) is 4.07. The van der Waals surface area contributed by atoms with Crippen LogP contribution in [0.3, 0.4) is 0 Å². The number of ether oxygens (including phenoxy) is 1. The molecule has 1 atom stereocenters. The summed E-state index contributed by atoms with van der Waals surface area (Å²) < 4.78 is 5.68. The second-order valence-corrected chi connectivity index (χ2v) is 8.17. The first-order valence-corrected chi connectivity index (χ1v) is 10.3. The number of likely N-dealkylation sites (tertiary alicyclic amines) is 1. The van der Waals surface area contributed by atoms with E-state index in [-0.39, 0.29) is 24.3 Å². The lowest BCUT2D eigenvalue weighted by Crippen LogP contribution is -2.51. The van der Waals surface area contributed by atoms with Crippen LogP contribution in [-0.2, 0) is 9.53 Å². The van der Waals surface area contributed by atoms with Crippen LogP contribution in [0.1, 0.15) is 31.4 Å². The molecule has 0 bridgehead atoms. The molecule has 150 valence electrons. The van der Waals surface area contributed by atoms with Gasteiger partial charge < -0.3 is 19.9 Å². The Morgan fingerprint density at radius 3 is 2.64 bits per heavy atom. The molecule has 1 N–H and O–H groups in total. The van der Waals surface area contributed by atoms with Crippen LogP contribution in [0.4, 0.5) is 5.82 Å². The van der Waals surface area contributed by atoms with Gasteiger partial charge in [0, 0.05) is 38.6 Å². The number of amides is 1. The summed E-state index contributed by atoms with van der Waals surface area (Å²) in [5.41, 5.74) is 0.268. The molecule has 1 amide bonds. The van der Waals surface area contributed by atoms with Crippen molar-refractivity contribution in [3.63, 3.8) is 0 Å². The topological polar surface area (TPSA) is 94.4 Å². The zero-order valence-electron chi connectivity index (χ0n) is 16.2. The Hall–Kier alpha value is -2.24. The van der Waals surface area contributed by atoms with Gasteiger partial charge in [-0.15, -0.1) is 0 Å². The molecule has 0 spiro atoms. The standard InChI is InChI=1S/C20H28N6O2/c21-9-18-20(23-6-5-22-18)24-10-17-13-26(19(27)14-28-17)12-16-3-7-25(8-4-16)11-15-1-2-15/h5-6,15-17H,1-4,7-8,10-14H2,(H,23,24)/t17-/m1/s1. The molecule has 1 saturated carbocycles. The minimum absolute atomic E-state index is 0.0777. The zero-order chi connectivity index (χ0) is 19.3. The number of nitrogens with one attached hydrogen (secondary N) is 1. The average molecular weight is 384 g/mol. The van der Waals surface area contributed by atoms with Gasteiger partial charge in [0.05, 0.1) is 6.10 Å². The number of nitrogens with zero attached hydrogens (tertiary/aromatic N) is 5. The van der Waals surface area contributed by atoms with Crippen LogP contribution >= 0.6 is 0 Å². The van der Waals surface area contributed by atoms with Gasteiger partial charge in [-0.1, -0.05) is 0 Å². The Kier molecular flexibility index (Phi) is 6.03. The Morgan fingerprint density at radius 2 is 1.89 bits per heavy atom. The van der Waals surface area contributed by atoms with Crippen LogP contribution in [0, 0.1) is 23.2 Å². The van der Waals surface area contributed by atoms with Crippen LogP contribution < -0.4 is 5.32 Å². The van der Waals surface area contributed by atoms with Crippen molar-refractivity contribution in [2.45, 2.75) is 31.8 Å². The first-order chi connectivity index (χ1) is 13.7. The molecule has 8 heteroatoms. The molecule has 1 aromatic heterocycles. The van der Waals surface area contributed by atoms with E-state index in [1.165, 1.54) is 38.4 Å². The van der Waals surface area contributed by atoms with Gasteiger partial charge in [0.2, 0.25) is 5.91 Å². The van der Waals surface area contributed by atoms with Gasteiger partial charge in [-0.25, -0.2) is 9.97 Å². The van der Waals surface area contributed by atoms with Gasteiger partial charge in [0.25, 0.3) is 0 Å². The van der Waals surface area contributed by atoms with Gasteiger partial charge >= 0.3 is 0 Å². The quantitative estimate of drug-likeness (QED) is 0.752. The molecular formula is C20H28N6O2. The minimum atomic E-state index is -0.110. The largest absolute Gasteiger partial charge is 0.365 e. The third kappa shape index (κ3) is 4.97. The first kappa shape index (κ1) is 19.1. The third-order valence-corrected chi connectivity index (χ3v) is 5.92. The maximum absolute atomic E-state index is 12.3. The predicted molar refractivity (Wildman–Crippen MR) is 103 cm³/mol. The molecule has 0 aromatic carbocycles.